The van der Waals surface area contributed by atoms with Crippen molar-refractivity contribution >= 4 is 0 Å². The molecular formula is C14H27F2NO. The van der Waals surface area contributed by atoms with E-state index in [0.29, 0.717) is 25.0 Å². The molecule has 0 spiro atoms. The zero-order valence-corrected chi connectivity index (χ0v) is 11.8. The molecule has 0 aromatic rings. The van der Waals surface area contributed by atoms with E-state index in [1.807, 2.05) is 0 Å². The fourth-order valence-electron chi connectivity index (χ4n) is 2.80. The quantitative estimate of drug-likeness (QED) is 0.710. The van der Waals surface area contributed by atoms with Crippen LogP contribution in [0.5, 0.6) is 0 Å². The second-order valence-corrected chi connectivity index (χ2v) is 5.77. The number of nitrogens with one attached hydrogen (secondary N) is 1. The van der Waals surface area contributed by atoms with Crippen LogP contribution in [-0.2, 0) is 4.74 Å². The van der Waals surface area contributed by atoms with Gasteiger partial charge < -0.3 is 10.1 Å². The van der Waals surface area contributed by atoms with Crippen molar-refractivity contribution in [3.05, 3.63) is 0 Å². The SMILES string of the molecule is COCCNC(C)C(C)CC1CCCC(F)(F)C1. The van der Waals surface area contributed by atoms with E-state index in [1.54, 1.807) is 7.11 Å². The highest BCUT2D eigenvalue weighted by atomic mass is 19.3. The van der Waals surface area contributed by atoms with Crippen LogP contribution in [0.1, 0.15) is 46.0 Å². The predicted molar refractivity (Wildman–Crippen MR) is 70.0 cm³/mol. The minimum Gasteiger partial charge on any atom is -0.383 e. The average Bonchev–Trinajstić information content (AvgIpc) is 2.27. The second-order valence-electron chi connectivity index (χ2n) is 5.77. The van der Waals surface area contributed by atoms with E-state index in [4.69, 9.17) is 4.74 Å². The summed E-state index contributed by atoms with van der Waals surface area (Å²) in [6.45, 7) is 5.79. The van der Waals surface area contributed by atoms with Gasteiger partial charge in [-0.1, -0.05) is 13.3 Å². The van der Waals surface area contributed by atoms with Crippen LogP contribution < -0.4 is 5.32 Å². The van der Waals surface area contributed by atoms with E-state index < -0.39 is 5.92 Å². The maximum Gasteiger partial charge on any atom is 0.248 e. The number of methoxy groups -OCH3 is 1. The molecule has 1 aliphatic carbocycles. The maximum atomic E-state index is 13.3. The van der Waals surface area contributed by atoms with Gasteiger partial charge in [0, 0.05) is 32.5 Å². The number of halogens is 2. The summed E-state index contributed by atoms with van der Waals surface area (Å²) in [6, 6.07) is 0.357. The van der Waals surface area contributed by atoms with Gasteiger partial charge in [0.1, 0.15) is 0 Å². The topological polar surface area (TPSA) is 21.3 Å². The van der Waals surface area contributed by atoms with Gasteiger partial charge in [-0.15, -0.1) is 0 Å². The first kappa shape index (κ1) is 15.8. The van der Waals surface area contributed by atoms with Crippen LogP contribution >= 0.6 is 0 Å². The summed E-state index contributed by atoms with van der Waals surface area (Å²) in [5.41, 5.74) is 0. The molecule has 1 N–H and O–H groups in total. The van der Waals surface area contributed by atoms with Gasteiger partial charge in [0.05, 0.1) is 6.61 Å². The summed E-state index contributed by atoms with van der Waals surface area (Å²) in [5, 5.41) is 3.38. The molecule has 0 saturated heterocycles. The Labute approximate surface area is 109 Å². The largest absolute Gasteiger partial charge is 0.383 e. The number of hydrogen-bond acceptors (Lipinski definition) is 2. The van der Waals surface area contributed by atoms with Gasteiger partial charge in [-0.05, 0) is 31.6 Å². The van der Waals surface area contributed by atoms with Crippen molar-refractivity contribution < 1.29 is 13.5 Å². The summed E-state index contributed by atoms with van der Waals surface area (Å²) in [5.74, 6) is -1.80. The van der Waals surface area contributed by atoms with Crippen molar-refractivity contribution in [2.24, 2.45) is 11.8 Å². The zero-order valence-electron chi connectivity index (χ0n) is 11.8. The second kappa shape index (κ2) is 7.39. The van der Waals surface area contributed by atoms with Gasteiger partial charge in [0.25, 0.3) is 0 Å². The molecule has 0 aromatic carbocycles. The predicted octanol–water partition coefficient (Wildman–Crippen LogP) is 3.46. The van der Waals surface area contributed by atoms with E-state index >= 15 is 0 Å². The van der Waals surface area contributed by atoms with Crippen molar-refractivity contribution in [3.8, 4) is 0 Å². The average molecular weight is 263 g/mol. The third kappa shape index (κ3) is 5.61. The Hall–Kier alpha value is -0.220. The van der Waals surface area contributed by atoms with Crippen molar-refractivity contribution in [1.82, 2.24) is 5.32 Å². The summed E-state index contributed by atoms with van der Waals surface area (Å²) in [6.07, 6.45) is 2.71. The van der Waals surface area contributed by atoms with Crippen molar-refractivity contribution in [1.29, 1.82) is 0 Å². The van der Waals surface area contributed by atoms with Crippen molar-refractivity contribution in [3.63, 3.8) is 0 Å². The van der Waals surface area contributed by atoms with Crippen LogP contribution in [0, 0.1) is 11.8 Å². The first-order valence-corrected chi connectivity index (χ1v) is 7.05. The standard InChI is InChI=1S/C14H27F2NO/c1-11(12(2)17-7-8-18-3)9-13-5-4-6-14(15,16)10-13/h11-13,17H,4-10H2,1-3H3. The highest BCUT2D eigenvalue weighted by Gasteiger charge is 2.36. The van der Waals surface area contributed by atoms with Gasteiger partial charge in [0.15, 0.2) is 0 Å². The van der Waals surface area contributed by atoms with Gasteiger partial charge >= 0.3 is 0 Å². The first-order chi connectivity index (χ1) is 8.44. The molecule has 3 atom stereocenters. The Balaban J connectivity index is 2.27. The monoisotopic (exact) mass is 263 g/mol. The Morgan fingerprint density at radius 1 is 1.39 bits per heavy atom. The van der Waals surface area contributed by atoms with Gasteiger partial charge in [0.2, 0.25) is 5.92 Å². The normalized spacial score (nSPS) is 26.8. The number of rotatable bonds is 7. The highest BCUT2D eigenvalue weighted by Crippen LogP contribution is 2.39. The van der Waals surface area contributed by atoms with Gasteiger partial charge in [-0.2, -0.15) is 0 Å². The van der Waals surface area contributed by atoms with Crippen LogP contribution in [0.4, 0.5) is 8.78 Å². The van der Waals surface area contributed by atoms with Crippen LogP contribution in [0.15, 0.2) is 0 Å². The lowest BCUT2D eigenvalue weighted by atomic mass is 9.80. The molecule has 108 valence electrons. The minimum absolute atomic E-state index is 0.0829. The third-order valence-corrected chi connectivity index (χ3v) is 4.07. The van der Waals surface area contributed by atoms with Crippen LogP contribution in [0.25, 0.3) is 0 Å². The lowest BCUT2D eigenvalue weighted by Crippen LogP contribution is -2.36. The van der Waals surface area contributed by atoms with Gasteiger partial charge in [-0.3, -0.25) is 0 Å². The molecule has 1 saturated carbocycles. The lowest BCUT2D eigenvalue weighted by molar-refractivity contribution is -0.0559. The zero-order chi connectivity index (χ0) is 13.6. The summed E-state index contributed by atoms with van der Waals surface area (Å²) in [7, 11) is 1.68. The van der Waals surface area contributed by atoms with E-state index in [0.717, 1.165) is 19.4 Å². The number of hydrogen-bond donors (Lipinski definition) is 1. The molecule has 0 aromatic heterocycles. The van der Waals surface area contributed by atoms with E-state index in [1.165, 1.54) is 0 Å². The Morgan fingerprint density at radius 2 is 2.11 bits per heavy atom. The Morgan fingerprint density at radius 3 is 2.72 bits per heavy atom. The highest BCUT2D eigenvalue weighted by molar-refractivity contribution is 4.81. The van der Waals surface area contributed by atoms with E-state index in [2.05, 4.69) is 19.2 Å². The smallest absolute Gasteiger partial charge is 0.248 e. The van der Waals surface area contributed by atoms with Crippen LogP contribution in [0.2, 0.25) is 0 Å². The molecule has 0 radical (unpaired) electrons. The van der Waals surface area contributed by atoms with Crippen LogP contribution in [0.3, 0.4) is 0 Å². The summed E-state index contributed by atoms with van der Waals surface area (Å²) >= 11 is 0. The fourth-order valence-corrected chi connectivity index (χ4v) is 2.80. The molecule has 3 unspecified atom stereocenters. The molecule has 18 heavy (non-hydrogen) atoms. The van der Waals surface area contributed by atoms with Crippen molar-refractivity contribution in [2.75, 3.05) is 20.3 Å². The molecule has 4 heteroatoms. The van der Waals surface area contributed by atoms with E-state index in [-0.39, 0.29) is 18.8 Å². The molecule has 1 fully saturated rings. The molecule has 0 aliphatic heterocycles. The number of ether oxygens (including phenoxy) is 1. The Kier molecular flexibility index (Phi) is 6.50. The molecule has 2 nitrogen and oxygen atoms in total. The molecule has 1 rings (SSSR count). The molecular weight excluding hydrogens is 236 g/mol. The maximum absolute atomic E-state index is 13.3. The molecule has 0 heterocycles. The number of alkyl halides is 2. The third-order valence-electron chi connectivity index (χ3n) is 4.07. The minimum atomic E-state index is -2.42. The fraction of sp³-hybridized carbons (Fsp3) is 1.00. The van der Waals surface area contributed by atoms with Crippen molar-refractivity contribution in [2.45, 2.75) is 57.9 Å². The lowest BCUT2D eigenvalue weighted by Gasteiger charge is -2.32. The van der Waals surface area contributed by atoms with Gasteiger partial charge in [-0.25, -0.2) is 8.78 Å². The summed E-state index contributed by atoms with van der Waals surface area (Å²) < 4.78 is 31.6. The first-order valence-electron chi connectivity index (χ1n) is 7.05. The Bertz CT molecular complexity index is 236. The van der Waals surface area contributed by atoms with Crippen LogP contribution in [-0.4, -0.2) is 32.2 Å². The molecule has 0 amide bonds. The molecule has 0 bridgehead atoms. The summed E-state index contributed by atoms with van der Waals surface area (Å²) in [4.78, 5) is 0. The van der Waals surface area contributed by atoms with E-state index in [9.17, 15) is 8.78 Å². The molecule has 1 aliphatic rings.